The van der Waals surface area contributed by atoms with Crippen molar-refractivity contribution >= 4 is 17.5 Å². The van der Waals surface area contributed by atoms with E-state index in [0.29, 0.717) is 31.1 Å². The fourth-order valence-corrected chi connectivity index (χ4v) is 5.50. The second-order valence-electron chi connectivity index (χ2n) is 9.82. The fourth-order valence-electron chi connectivity index (χ4n) is 5.50. The standard InChI is InChI=1S/C25H27F4N3O2/c1-15(33)32-9-6-16-12-17-13-21(17)30-22(18(16)14-32)23(34)31-10-7-24(26,8-11-31)19-4-2-3-5-20(19)25(27,28)29/h2-5,17,21H,6-14H2,1H3. The number of fused-ring (bicyclic) bond motifs is 1. The van der Waals surface area contributed by atoms with Crippen LogP contribution in [-0.4, -0.2) is 59.5 Å². The van der Waals surface area contributed by atoms with Crippen molar-refractivity contribution in [2.45, 2.75) is 56.9 Å². The normalized spacial score (nSPS) is 26.3. The van der Waals surface area contributed by atoms with Crippen molar-refractivity contribution in [3.05, 3.63) is 46.5 Å². The molecule has 3 heterocycles. The van der Waals surface area contributed by atoms with Gasteiger partial charge in [-0.2, -0.15) is 13.2 Å². The van der Waals surface area contributed by atoms with Gasteiger partial charge < -0.3 is 9.80 Å². The lowest BCUT2D eigenvalue weighted by Crippen LogP contribution is -2.48. The van der Waals surface area contributed by atoms with Crippen LogP contribution in [0.2, 0.25) is 0 Å². The molecule has 2 fully saturated rings. The molecule has 2 unspecified atom stereocenters. The smallest absolute Gasteiger partial charge is 0.338 e. The van der Waals surface area contributed by atoms with Gasteiger partial charge in [0.1, 0.15) is 11.4 Å². The molecule has 3 aliphatic heterocycles. The van der Waals surface area contributed by atoms with Crippen LogP contribution in [0.25, 0.3) is 0 Å². The summed E-state index contributed by atoms with van der Waals surface area (Å²) in [7, 11) is 0. The molecule has 0 N–H and O–H groups in total. The predicted molar refractivity (Wildman–Crippen MR) is 118 cm³/mol. The van der Waals surface area contributed by atoms with Crippen molar-refractivity contribution in [2.24, 2.45) is 10.9 Å². The lowest BCUT2D eigenvalue weighted by atomic mass is 9.83. The van der Waals surface area contributed by atoms with Gasteiger partial charge in [0.25, 0.3) is 5.91 Å². The number of piperidine rings is 1. The third-order valence-electron chi connectivity index (χ3n) is 7.64. The van der Waals surface area contributed by atoms with Crippen LogP contribution in [0.1, 0.15) is 50.2 Å². The highest BCUT2D eigenvalue weighted by Gasteiger charge is 2.46. The maximum Gasteiger partial charge on any atom is 0.416 e. The van der Waals surface area contributed by atoms with E-state index >= 15 is 4.39 Å². The molecule has 0 aromatic heterocycles. The van der Waals surface area contributed by atoms with Gasteiger partial charge in [0.15, 0.2) is 0 Å². The van der Waals surface area contributed by atoms with Gasteiger partial charge in [-0.15, -0.1) is 0 Å². The molecule has 1 saturated heterocycles. The zero-order valence-electron chi connectivity index (χ0n) is 19.0. The summed E-state index contributed by atoms with van der Waals surface area (Å²) >= 11 is 0. The number of rotatable bonds is 2. The summed E-state index contributed by atoms with van der Waals surface area (Å²) in [4.78, 5) is 33.4. The minimum Gasteiger partial charge on any atom is -0.338 e. The van der Waals surface area contributed by atoms with Crippen molar-refractivity contribution in [1.29, 1.82) is 0 Å². The maximum absolute atomic E-state index is 15.8. The van der Waals surface area contributed by atoms with E-state index in [0.717, 1.165) is 24.5 Å². The first kappa shape index (κ1) is 23.1. The average molecular weight is 478 g/mol. The van der Waals surface area contributed by atoms with Gasteiger partial charge in [-0.3, -0.25) is 14.6 Å². The minimum absolute atomic E-state index is 0.00762. The predicted octanol–water partition coefficient (Wildman–Crippen LogP) is 4.27. The van der Waals surface area contributed by atoms with E-state index in [2.05, 4.69) is 0 Å². The van der Waals surface area contributed by atoms with Crippen molar-refractivity contribution in [3.63, 3.8) is 0 Å². The highest BCUT2D eigenvalue weighted by atomic mass is 19.4. The number of amides is 2. The minimum atomic E-state index is -4.65. The van der Waals surface area contributed by atoms with E-state index in [1.165, 1.54) is 35.6 Å². The molecule has 5 rings (SSSR count). The lowest BCUT2D eigenvalue weighted by molar-refractivity contribution is -0.140. The Morgan fingerprint density at radius 3 is 2.47 bits per heavy atom. The number of carbonyl (C=O) groups excluding carboxylic acids is 2. The monoisotopic (exact) mass is 477 g/mol. The SMILES string of the molecule is CC(=O)N1CCC2=C(C1)C(C(=O)N1CCC(F)(c3ccccc3C(F)(F)F)CC1)=NC1CC1C2. The van der Waals surface area contributed by atoms with Crippen LogP contribution in [0.4, 0.5) is 17.6 Å². The Bertz CT molecular complexity index is 1090. The molecule has 1 aromatic carbocycles. The number of alkyl halides is 4. The molecule has 4 aliphatic rings. The Morgan fingerprint density at radius 1 is 1.09 bits per heavy atom. The first-order chi connectivity index (χ1) is 16.1. The number of hydrogen-bond donors (Lipinski definition) is 0. The Labute approximate surface area is 195 Å². The second kappa shape index (κ2) is 8.20. The van der Waals surface area contributed by atoms with Crippen LogP contribution >= 0.6 is 0 Å². The van der Waals surface area contributed by atoms with E-state index in [1.54, 1.807) is 4.90 Å². The summed E-state index contributed by atoms with van der Waals surface area (Å²) in [6, 6.07) is 4.85. The van der Waals surface area contributed by atoms with E-state index in [1.807, 2.05) is 0 Å². The molecule has 2 atom stereocenters. The summed E-state index contributed by atoms with van der Waals surface area (Å²) in [5.41, 5.74) is -1.16. The number of likely N-dealkylation sites (tertiary alicyclic amines) is 1. The van der Waals surface area contributed by atoms with Crippen LogP contribution < -0.4 is 0 Å². The zero-order valence-corrected chi connectivity index (χ0v) is 19.0. The van der Waals surface area contributed by atoms with Gasteiger partial charge in [0, 0.05) is 57.1 Å². The van der Waals surface area contributed by atoms with E-state index in [-0.39, 0.29) is 49.4 Å². The van der Waals surface area contributed by atoms with E-state index in [4.69, 9.17) is 4.99 Å². The van der Waals surface area contributed by atoms with Gasteiger partial charge in [0.2, 0.25) is 5.91 Å². The van der Waals surface area contributed by atoms with Crippen molar-refractivity contribution in [3.8, 4) is 0 Å². The van der Waals surface area contributed by atoms with E-state index < -0.39 is 17.4 Å². The van der Waals surface area contributed by atoms with Crippen LogP contribution in [-0.2, 0) is 21.4 Å². The number of aliphatic imine (C=N–C) groups is 1. The van der Waals surface area contributed by atoms with Gasteiger partial charge in [-0.25, -0.2) is 4.39 Å². The Morgan fingerprint density at radius 2 is 1.79 bits per heavy atom. The van der Waals surface area contributed by atoms with Crippen molar-refractivity contribution < 1.29 is 27.2 Å². The second-order valence-corrected chi connectivity index (χ2v) is 9.82. The average Bonchev–Trinajstić information content (AvgIpc) is 3.55. The first-order valence-electron chi connectivity index (χ1n) is 11.8. The Kier molecular flexibility index (Phi) is 5.56. The molecule has 0 bridgehead atoms. The summed E-state index contributed by atoms with van der Waals surface area (Å²) in [5.74, 6) is 0.0609. The third-order valence-corrected chi connectivity index (χ3v) is 7.64. The van der Waals surface area contributed by atoms with Gasteiger partial charge in [-0.05, 0) is 31.2 Å². The van der Waals surface area contributed by atoms with Crippen LogP contribution in [0, 0.1) is 5.92 Å². The maximum atomic E-state index is 15.8. The van der Waals surface area contributed by atoms with Crippen molar-refractivity contribution in [1.82, 2.24) is 9.80 Å². The lowest BCUT2D eigenvalue weighted by Gasteiger charge is -2.38. The van der Waals surface area contributed by atoms with Gasteiger partial charge in [-0.1, -0.05) is 23.8 Å². The number of halogens is 4. The summed E-state index contributed by atoms with van der Waals surface area (Å²) in [6.07, 6.45) is -2.54. The molecule has 5 nitrogen and oxygen atoms in total. The number of carbonyl (C=O) groups is 2. The molecule has 1 aliphatic carbocycles. The molecule has 0 spiro atoms. The molecule has 1 aromatic rings. The molecule has 0 radical (unpaired) electrons. The molecule has 2 amide bonds. The first-order valence-corrected chi connectivity index (χ1v) is 11.8. The summed E-state index contributed by atoms with van der Waals surface area (Å²) in [6.45, 7) is 2.48. The molecular formula is C25H27F4N3O2. The molecule has 182 valence electrons. The highest BCUT2D eigenvalue weighted by molar-refractivity contribution is 6.45. The Hall–Kier alpha value is -2.71. The number of hydrogen-bond acceptors (Lipinski definition) is 3. The largest absolute Gasteiger partial charge is 0.416 e. The fraction of sp³-hybridized carbons (Fsp3) is 0.560. The molecule has 34 heavy (non-hydrogen) atoms. The van der Waals surface area contributed by atoms with Crippen LogP contribution in [0.5, 0.6) is 0 Å². The highest BCUT2D eigenvalue weighted by Crippen LogP contribution is 2.46. The third kappa shape index (κ3) is 4.14. The number of benzene rings is 1. The molecule has 1 saturated carbocycles. The molecular weight excluding hydrogens is 450 g/mol. The van der Waals surface area contributed by atoms with Crippen molar-refractivity contribution in [2.75, 3.05) is 26.2 Å². The summed E-state index contributed by atoms with van der Waals surface area (Å²) < 4.78 is 56.2. The van der Waals surface area contributed by atoms with Crippen LogP contribution in [0.15, 0.2) is 40.4 Å². The van der Waals surface area contributed by atoms with E-state index in [9.17, 15) is 22.8 Å². The summed E-state index contributed by atoms with van der Waals surface area (Å²) in [5, 5.41) is 0. The number of nitrogens with zero attached hydrogens (tertiary/aromatic N) is 3. The van der Waals surface area contributed by atoms with Crippen LogP contribution in [0.3, 0.4) is 0 Å². The van der Waals surface area contributed by atoms with Gasteiger partial charge >= 0.3 is 6.18 Å². The quantitative estimate of drug-likeness (QED) is 0.598. The zero-order chi connectivity index (χ0) is 24.3. The van der Waals surface area contributed by atoms with Gasteiger partial charge in [0.05, 0.1) is 11.6 Å². The Balaban J connectivity index is 1.36. The molecule has 9 heteroatoms. The topological polar surface area (TPSA) is 53.0 Å².